The number of hydrogen-bond donors (Lipinski definition) is 0. The molecule has 0 saturated carbocycles. The van der Waals surface area contributed by atoms with Gasteiger partial charge in [0.2, 0.25) is 0 Å². The standard InChI is InChI=1S/C72H42/c1-5-21-49-43(13-1)17-9-25-53(49)57-33-29-47-31-35-61-65(55-27-11-19-45-15-3-7-23-51(45)55)41-67(63-39-37-59(57)69(47)71(61)63)68-42-66(56-28-12-20-46-16-4-8-24-52(46)56)62-36-32-48-30-34-58(60-38-40-64(68)72(62)70(48)60)54-26-10-18-44-14-2-6-22-50(44)54/h1-42H. The lowest BCUT2D eigenvalue weighted by Gasteiger charge is -2.23. The third-order valence-corrected chi connectivity index (χ3v) is 16.2. The van der Waals surface area contributed by atoms with E-state index in [4.69, 9.17) is 0 Å². The first-order valence-corrected chi connectivity index (χ1v) is 25.2. The van der Waals surface area contributed by atoms with E-state index in [0.29, 0.717) is 0 Å². The molecule has 0 radical (unpaired) electrons. The Morgan fingerprint density at radius 3 is 0.708 bits per heavy atom. The summed E-state index contributed by atoms with van der Waals surface area (Å²) in [6.07, 6.45) is 0. The van der Waals surface area contributed by atoms with E-state index in [1.807, 2.05) is 0 Å². The molecule has 0 nitrogen and oxygen atoms in total. The lowest BCUT2D eigenvalue weighted by Crippen LogP contribution is -1.96. The van der Waals surface area contributed by atoms with Crippen molar-refractivity contribution in [3.8, 4) is 55.6 Å². The largest absolute Gasteiger partial charge is 0.0616 e. The second kappa shape index (κ2) is 15.1. The highest BCUT2D eigenvalue weighted by Crippen LogP contribution is 2.52. The molecule has 0 spiro atoms. The minimum Gasteiger partial charge on any atom is -0.0616 e. The van der Waals surface area contributed by atoms with Crippen LogP contribution in [0.4, 0.5) is 0 Å². The smallest absolute Gasteiger partial charge is 0.00141 e. The van der Waals surface area contributed by atoms with E-state index in [0.717, 1.165) is 0 Å². The molecule has 0 bridgehead atoms. The van der Waals surface area contributed by atoms with Crippen molar-refractivity contribution >= 4 is 108 Å². The van der Waals surface area contributed by atoms with Crippen molar-refractivity contribution in [1.82, 2.24) is 0 Å². The highest BCUT2D eigenvalue weighted by atomic mass is 14.3. The van der Waals surface area contributed by atoms with Gasteiger partial charge in [0, 0.05) is 0 Å². The van der Waals surface area contributed by atoms with Crippen molar-refractivity contribution in [2.75, 3.05) is 0 Å². The first kappa shape index (κ1) is 39.5. The summed E-state index contributed by atoms with van der Waals surface area (Å²) in [7, 11) is 0. The molecule has 0 fully saturated rings. The topological polar surface area (TPSA) is 0 Å². The van der Waals surface area contributed by atoms with E-state index in [1.165, 1.54) is 163 Å². The summed E-state index contributed by atoms with van der Waals surface area (Å²) in [5.41, 5.74) is 12.5. The maximum Gasteiger partial charge on any atom is -0.00141 e. The highest BCUT2D eigenvalue weighted by molar-refractivity contribution is 6.35. The lowest BCUT2D eigenvalue weighted by molar-refractivity contribution is 1.66. The molecule has 0 saturated heterocycles. The summed E-state index contributed by atoms with van der Waals surface area (Å²) in [5, 5.41) is 25.4. The fraction of sp³-hybridized carbons (Fsp3) is 0. The van der Waals surface area contributed by atoms with Crippen molar-refractivity contribution in [3.05, 3.63) is 255 Å². The Hall–Kier alpha value is -9.36. The monoisotopic (exact) mass is 906 g/mol. The average Bonchev–Trinajstić information content (AvgIpc) is 3.45. The predicted molar refractivity (Wildman–Crippen MR) is 311 cm³/mol. The molecule has 330 valence electrons. The molecule has 16 aromatic rings. The van der Waals surface area contributed by atoms with Crippen LogP contribution in [0.2, 0.25) is 0 Å². The Morgan fingerprint density at radius 2 is 0.361 bits per heavy atom. The Morgan fingerprint density at radius 1 is 0.125 bits per heavy atom. The van der Waals surface area contributed by atoms with Crippen LogP contribution in [0.3, 0.4) is 0 Å². The van der Waals surface area contributed by atoms with E-state index in [-0.39, 0.29) is 0 Å². The molecule has 0 unspecified atom stereocenters. The molecule has 72 heavy (non-hydrogen) atoms. The Kier molecular flexibility index (Phi) is 8.26. The second-order valence-corrected chi connectivity index (χ2v) is 19.8. The molecule has 0 heterocycles. The fourth-order valence-electron chi connectivity index (χ4n) is 13.0. The normalized spacial score (nSPS) is 12.2. The van der Waals surface area contributed by atoms with E-state index in [9.17, 15) is 0 Å². The van der Waals surface area contributed by atoms with E-state index >= 15 is 0 Å². The van der Waals surface area contributed by atoms with Crippen LogP contribution in [0.5, 0.6) is 0 Å². The number of hydrogen-bond acceptors (Lipinski definition) is 0. The van der Waals surface area contributed by atoms with Gasteiger partial charge in [-0.05, 0) is 175 Å². The SMILES string of the molecule is c1ccc2c(-c3ccc4ccc5c(-c6cccc7ccccc67)cc(-c6cc(-c7cccc8ccccc78)c7ccc8ccc(-c9cccc%10ccccc9%10)c9ccc6c7c89)c6ccc3c4c56)cccc2c1. The van der Waals surface area contributed by atoms with Crippen molar-refractivity contribution in [3.63, 3.8) is 0 Å². The van der Waals surface area contributed by atoms with E-state index < -0.39 is 0 Å². The van der Waals surface area contributed by atoms with Gasteiger partial charge in [-0.3, -0.25) is 0 Å². The second-order valence-electron chi connectivity index (χ2n) is 19.8. The lowest BCUT2D eigenvalue weighted by atomic mass is 9.80. The summed E-state index contributed by atoms with van der Waals surface area (Å²) >= 11 is 0. The highest BCUT2D eigenvalue weighted by Gasteiger charge is 2.24. The molecule has 0 atom stereocenters. The maximum atomic E-state index is 2.54. The third kappa shape index (κ3) is 5.58. The average molecular weight is 907 g/mol. The number of rotatable bonds is 5. The first-order valence-electron chi connectivity index (χ1n) is 25.2. The summed E-state index contributed by atoms with van der Waals surface area (Å²) in [5.74, 6) is 0. The van der Waals surface area contributed by atoms with Gasteiger partial charge < -0.3 is 0 Å². The van der Waals surface area contributed by atoms with E-state index in [2.05, 4.69) is 255 Å². The third-order valence-electron chi connectivity index (χ3n) is 16.2. The van der Waals surface area contributed by atoms with Crippen LogP contribution in [-0.4, -0.2) is 0 Å². The zero-order chi connectivity index (χ0) is 47.0. The molecule has 0 N–H and O–H groups in total. The van der Waals surface area contributed by atoms with Gasteiger partial charge >= 0.3 is 0 Å². The van der Waals surface area contributed by atoms with Crippen LogP contribution in [0.15, 0.2) is 255 Å². The summed E-state index contributed by atoms with van der Waals surface area (Å²) in [4.78, 5) is 0. The zero-order valence-electron chi connectivity index (χ0n) is 39.2. The molecule has 0 amide bonds. The number of benzene rings is 16. The first-order chi connectivity index (χ1) is 35.7. The molecule has 0 aromatic heterocycles. The van der Waals surface area contributed by atoms with E-state index in [1.54, 1.807) is 0 Å². The molecule has 16 rings (SSSR count). The van der Waals surface area contributed by atoms with Crippen LogP contribution in [0.1, 0.15) is 0 Å². The zero-order valence-corrected chi connectivity index (χ0v) is 39.2. The predicted octanol–water partition coefficient (Wildman–Crippen LogP) is 20.4. The molecule has 0 aliphatic rings. The van der Waals surface area contributed by atoms with Crippen LogP contribution >= 0.6 is 0 Å². The minimum atomic E-state index is 1.24. The summed E-state index contributed by atoms with van der Waals surface area (Å²) in [6.45, 7) is 0. The molecule has 0 aliphatic carbocycles. The summed E-state index contributed by atoms with van der Waals surface area (Å²) < 4.78 is 0. The Labute approximate surface area is 415 Å². The Balaban J connectivity index is 1.08. The molecular formula is C72H42. The molecular weight excluding hydrogens is 865 g/mol. The molecule has 16 aromatic carbocycles. The van der Waals surface area contributed by atoms with Crippen LogP contribution in [0, 0.1) is 0 Å². The Bertz CT molecular complexity index is 4580. The van der Waals surface area contributed by atoms with Crippen LogP contribution in [-0.2, 0) is 0 Å². The van der Waals surface area contributed by atoms with Gasteiger partial charge in [0.25, 0.3) is 0 Å². The van der Waals surface area contributed by atoms with Crippen LogP contribution in [0.25, 0.3) is 163 Å². The number of fused-ring (bicyclic) bond motifs is 4. The summed E-state index contributed by atoms with van der Waals surface area (Å²) in [6, 6.07) is 96.1. The van der Waals surface area contributed by atoms with Gasteiger partial charge in [-0.25, -0.2) is 0 Å². The van der Waals surface area contributed by atoms with Gasteiger partial charge in [-0.15, -0.1) is 0 Å². The van der Waals surface area contributed by atoms with Crippen LogP contribution < -0.4 is 0 Å². The van der Waals surface area contributed by atoms with Gasteiger partial charge in [-0.1, -0.05) is 243 Å². The minimum absolute atomic E-state index is 1.24. The van der Waals surface area contributed by atoms with Crippen molar-refractivity contribution in [2.24, 2.45) is 0 Å². The molecule has 0 aliphatic heterocycles. The quantitative estimate of drug-likeness (QED) is 0.151. The van der Waals surface area contributed by atoms with Gasteiger partial charge in [0.1, 0.15) is 0 Å². The van der Waals surface area contributed by atoms with Gasteiger partial charge in [0.15, 0.2) is 0 Å². The van der Waals surface area contributed by atoms with Gasteiger partial charge in [0.05, 0.1) is 0 Å². The van der Waals surface area contributed by atoms with Gasteiger partial charge in [-0.2, -0.15) is 0 Å². The fourth-order valence-corrected chi connectivity index (χ4v) is 13.0. The van der Waals surface area contributed by atoms with Crippen molar-refractivity contribution in [1.29, 1.82) is 0 Å². The van der Waals surface area contributed by atoms with Crippen molar-refractivity contribution < 1.29 is 0 Å². The van der Waals surface area contributed by atoms with Crippen molar-refractivity contribution in [2.45, 2.75) is 0 Å². The molecule has 0 heteroatoms. The maximum absolute atomic E-state index is 2.54.